The number of benzene rings is 2. The zero-order valence-corrected chi connectivity index (χ0v) is 16.1. The average Bonchev–Trinajstić information content (AvgIpc) is 2.74. The van der Waals surface area contributed by atoms with E-state index in [1.165, 1.54) is 17.8 Å². The van der Waals surface area contributed by atoms with Crippen LogP contribution in [0.1, 0.15) is 51.7 Å². The summed E-state index contributed by atoms with van der Waals surface area (Å²) < 4.78 is 0. The van der Waals surface area contributed by atoms with Crippen LogP contribution < -0.4 is 10.6 Å². The van der Waals surface area contributed by atoms with Gasteiger partial charge in [0.1, 0.15) is 5.69 Å². The largest absolute Gasteiger partial charge is 0.322 e. The minimum atomic E-state index is -0.462. The van der Waals surface area contributed by atoms with E-state index in [4.69, 9.17) is 5.26 Å². The summed E-state index contributed by atoms with van der Waals surface area (Å²) in [5.74, 6) is -0.379. The van der Waals surface area contributed by atoms with Crippen LogP contribution in [-0.4, -0.2) is 16.8 Å². The quantitative estimate of drug-likeness (QED) is 0.673. The van der Waals surface area contributed by atoms with Gasteiger partial charge in [-0.3, -0.25) is 14.6 Å². The van der Waals surface area contributed by atoms with Gasteiger partial charge in [0.15, 0.2) is 0 Å². The van der Waals surface area contributed by atoms with Crippen LogP contribution in [0.2, 0.25) is 0 Å². The van der Waals surface area contributed by atoms with Crippen molar-refractivity contribution in [1.29, 1.82) is 5.26 Å². The number of nitrogens with zero attached hydrogens (tertiary/aromatic N) is 2. The predicted octanol–water partition coefficient (Wildman–Crippen LogP) is 4.58. The molecule has 3 aromatic rings. The minimum Gasteiger partial charge on any atom is -0.322 e. The molecule has 2 amide bonds. The maximum atomic E-state index is 12.5. The fraction of sp³-hybridized carbons (Fsp3) is 0.130. The van der Waals surface area contributed by atoms with E-state index in [9.17, 15) is 9.59 Å². The summed E-state index contributed by atoms with van der Waals surface area (Å²) >= 11 is 0. The van der Waals surface area contributed by atoms with E-state index < -0.39 is 5.91 Å². The Kier molecular flexibility index (Phi) is 6.00. The van der Waals surface area contributed by atoms with Gasteiger partial charge in [-0.1, -0.05) is 32.0 Å². The Morgan fingerprint density at radius 1 is 0.931 bits per heavy atom. The number of pyridine rings is 1. The number of hydrogen-bond acceptors (Lipinski definition) is 4. The van der Waals surface area contributed by atoms with Gasteiger partial charge in [-0.2, -0.15) is 5.26 Å². The molecule has 0 bridgehead atoms. The van der Waals surface area contributed by atoms with Crippen molar-refractivity contribution in [3.63, 3.8) is 0 Å². The van der Waals surface area contributed by atoms with Gasteiger partial charge in [-0.15, -0.1) is 0 Å². The minimum absolute atomic E-state index is 0.107. The number of nitrogens with one attached hydrogen (secondary N) is 2. The van der Waals surface area contributed by atoms with Crippen LogP contribution in [0, 0.1) is 11.3 Å². The smallest absolute Gasteiger partial charge is 0.274 e. The molecule has 2 N–H and O–H groups in total. The lowest BCUT2D eigenvalue weighted by molar-refractivity contribution is 0.102. The molecule has 0 atom stereocenters. The first-order valence-electron chi connectivity index (χ1n) is 9.15. The number of carbonyl (C=O) groups is 2. The maximum Gasteiger partial charge on any atom is 0.274 e. The third kappa shape index (κ3) is 5.05. The Bertz CT molecular complexity index is 1080. The fourth-order valence-electron chi connectivity index (χ4n) is 2.71. The molecule has 6 nitrogen and oxygen atoms in total. The molecule has 29 heavy (non-hydrogen) atoms. The van der Waals surface area contributed by atoms with Crippen molar-refractivity contribution < 1.29 is 9.59 Å². The molecular weight excluding hydrogens is 364 g/mol. The highest BCUT2D eigenvalue weighted by atomic mass is 16.2. The van der Waals surface area contributed by atoms with Crippen molar-refractivity contribution in [2.45, 2.75) is 19.8 Å². The fourth-order valence-corrected chi connectivity index (χ4v) is 2.71. The van der Waals surface area contributed by atoms with Gasteiger partial charge in [0.2, 0.25) is 0 Å². The van der Waals surface area contributed by atoms with Gasteiger partial charge >= 0.3 is 0 Å². The molecule has 0 unspecified atom stereocenters. The molecule has 1 heterocycles. The molecule has 0 fully saturated rings. The van der Waals surface area contributed by atoms with Gasteiger partial charge in [0.25, 0.3) is 11.8 Å². The number of anilines is 2. The second-order valence-electron chi connectivity index (χ2n) is 6.81. The second kappa shape index (κ2) is 8.81. The molecule has 1 aromatic heterocycles. The number of aromatic nitrogens is 1. The van der Waals surface area contributed by atoms with Crippen LogP contribution in [0.5, 0.6) is 0 Å². The van der Waals surface area contributed by atoms with Crippen LogP contribution in [0.25, 0.3) is 0 Å². The number of hydrogen-bond donors (Lipinski definition) is 2. The van der Waals surface area contributed by atoms with Crippen molar-refractivity contribution in [1.82, 2.24) is 4.98 Å². The molecule has 3 rings (SSSR count). The highest BCUT2D eigenvalue weighted by Gasteiger charge is 2.13. The number of amides is 2. The lowest BCUT2D eigenvalue weighted by Crippen LogP contribution is -2.17. The third-order valence-corrected chi connectivity index (χ3v) is 4.34. The first-order chi connectivity index (χ1) is 14.0. The van der Waals surface area contributed by atoms with Crippen molar-refractivity contribution in [3.8, 4) is 6.07 Å². The molecule has 144 valence electrons. The molecule has 0 radical (unpaired) electrons. The first-order valence-corrected chi connectivity index (χ1v) is 9.15. The summed E-state index contributed by atoms with van der Waals surface area (Å²) in [5, 5.41) is 14.5. The Morgan fingerprint density at radius 3 is 2.34 bits per heavy atom. The Morgan fingerprint density at radius 2 is 1.66 bits per heavy atom. The first kappa shape index (κ1) is 19.8. The molecular formula is C23H20N4O2. The van der Waals surface area contributed by atoms with Gasteiger partial charge in [0.05, 0.1) is 11.6 Å². The highest BCUT2D eigenvalue weighted by Crippen LogP contribution is 2.18. The van der Waals surface area contributed by atoms with Crippen molar-refractivity contribution >= 4 is 23.2 Å². The normalized spacial score (nSPS) is 10.3. The summed E-state index contributed by atoms with van der Waals surface area (Å²) in [6.07, 6.45) is 1.41. The van der Waals surface area contributed by atoms with Crippen LogP contribution in [0.15, 0.2) is 66.9 Å². The third-order valence-electron chi connectivity index (χ3n) is 4.34. The van der Waals surface area contributed by atoms with Gasteiger partial charge in [0, 0.05) is 23.1 Å². The van der Waals surface area contributed by atoms with Crippen molar-refractivity contribution in [3.05, 3.63) is 89.2 Å². The van der Waals surface area contributed by atoms with E-state index in [1.54, 1.807) is 30.3 Å². The van der Waals surface area contributed by atoms with Gasteiger partial charge in [-0.05, 0) is 53.9 Å². The molecule has 0 aliphatic heterocycles. The summed E-state index contributed by atoms with van der Waals surface area (Å²) in [5.41, 5.74) is 3.21. The van der Waals surface area contributed by atoms with E-state index in [0.29, 0.717) is 28.4 Å². The molecule has 2 aromatic carbocycles. The van der Waals surface area contributed by atoms with Gasteiger partial charge in [-0.25, -0.2) is 0 Å². The molecule has 0 aliphatic rings. The summed E-state index contributed by atoms with van der Waals surface area (Å²) in [6.45, 7) is 4.21. The van der Waals surface area contributed by atoms with Gasteiger partial charge < -0.3 is 10.6 Å². The summed E-state index contributed by atoms with van der Waals surface area (Å²) in [4.78, 5) is 29.0. The zero-order valence-electron chi connectivity index (χ0n) is 16.1. The Labute approximate surface area is 169 Å². The standard InChI is InChI=1S/C23H20N4O2/c1-15(2)17-6-8-19(9-7-17)26-22(28)18-10-11-25-21(13-18)23(29)27-20-5-3-4-16(12-20)14-24/h3-13,15H,1-2H3,(H,26,28)(H,27,29). The average molecular weight is 384 g/mol. The number of rotatable bonds is 5. The van der Waals surface area contributed by atoms with E-state index in [2.05, 4.69) is 29.5 Å². The monoisotopic (exact) mass is 384 g/mol. The van der Waals surface area contributed by atoms with Crippen LogP contribution in [0.3, 0.4) is 0 Å². The van der Waals surface area contributed by atoms with E-state index in [1.807, 2.05) is 30.3 Å². The predicted molar refractivity (Wildman–Crippen MR) is 112 cm³/mol. The molecule has 0 spiro atoms. The number of carbonyl (C=O) groups excluding carboxylic acids is 2. The lowest BCUT2D eigenvalue weighted by Gasteiger charge is -2.09. The molecule has 6 heteroatoms. The Hall–Kier alpha value is -3.98. The van der Waals surface area contributed by atoms with Crippen molar-refractivity contribution in [2.75, 3.05) is 10.6 Å². The molecule has 0 saturated heterocycles. The van der Waals surface area contributed by atoms with Crippen molar-refractivity contribution in [2.24, 2.45) is 0 Å². The van der Waals surface area contributed by atoms with E-state index >= 15 is 0 Å². The zero-order chi connectivity index (χ0) is 20.8. The molecule has 0 saturated carbocycles. The SMILES string of the molecule is CC(C)c1ccc(NC(=O)c2ccnc(C(=O)Nc3cccc(C#N)c3)c2)cc1. The maximum absolute atomic E-state index is 12.5. The number of nitriles is 1. The van der Waals surface area contributed by atoms with E-state index in [0.717, 1.165) is 0 Å². The summed E-state index contributed by atoms with van der Waals surface area (Å²) in [7, 11) is 0. The Balaban J connectivity index is 1.71. The van der Waals surface area contributed by atoms with E-state index in [-0.39, 0.29) is 11.6 Å². The molecule has 0 aliphatic carbocycles. The topological polar surface area (TPSA) is 94.9 Å². The van der Waals surface area contributed by atoms with Crippen LogP contribution in [-0.2, 0) is 0 Å². The lowest BCUT2D eigenvalue weighted by atomic mass is 10.0. The highest BCUT2D eigenvalue weighted by molar-refractivity contribution is 6.07. The second-order valence-corrected chi connectivity index (χ2v) is 6.81. The van der Waals surface area contributed by atoms with Crippen LogP contribution >= 0.6 is 0 Å². The van der Waals surface area contributed by atoms with Crippen LogP contribution in [0.4, 0.5) is 11.4 Å². The summed E-state index contributed by atoms with van der Waals surface area (Å²) in [6, 6.07) is 19.2.